The zero-order valence-corrected chi connectivity index (χ0v) is 8.67. The van der Waals surface area contributed by atoms with E-state index in [1.165, 1.54) is 0 Å². The highest BCUT2D eigenvalue weighted by molar-refractivity contribution is 5.76. The topological polar surface area (TPSA) is 64.3 Å². The smallest absolute Gasteiger partial charge is 0.222 e. The van der Waals surface area contributed by atoms with E-state index in [1.54, 1.807) is 6.92 Å². The van der Waals surface area contributed by atoms with Gasteiger partial charge in [0, 0.05) is 12.6 Å². The number of nitrogens with one attached hydrogen (secondary N) is 1. The predicted octanol–water partition coefficient (Wildman–Crippen LogP) is 0.122. The van der Waals surface area contributed by atoms with E-state index in [0.29, 0.717) is 19.3 Å². The van der Waals surface area contributed by atoms with E-state index >= 15 is 0 Å². The Morgan fingerprint density at radius 2 is 2.08 bits per heavy atom. The van der Waals surface area contributed by atoms with Crippen LogP contribution in [0.1, 0.15) is 20.8 Å². The fourth-order valence-corrected chi connectivity index (χ4v) is 0.762. The first-order valence-corrected chi connectivity index (χ1v) is 4.64. The van der Waals surface area contributed by atoms with Crippen molar-refractivity contribution in [1.82, 2.24) is 5.32 Å². The Hall–Kier alpha value is -0.610. The van der Waals surface area contributed by atoms with E-state index in [4.69, 9.17) is 10.5 Å². The third-order valence-corrected chi connectivity index (χ3v) is 1.65. The molecule has 0 saturated heterocycles. The maximum absolute atomic E-state index is 10.6. The molecule has 0 heterocycles. The summed E-state index contributed by atoms with van der Waals surface area (Å²) in [7, 11) is 0. The molecule has 1 unspecified atom stereocenters. The molecule has 0 aromatic heterocycles. The number of ether oxygens (including phenoxy) is 1. The maximum atomic E-state index is 10.6. The van der Waals surface area contributed by atoms with Crippen LogP contribution in [0, 0.1) is 5.92 Å². The zero-order valence-electron chi connectivity index (χ0n) is 8.67. The summed E-state index contributed by atoms with van der Waals surface area (Å²) in [6, 6.07) is 0.470. The molecule has 13 heavy (non-hydrogen) atoms. The standard InChI is InChI=1S/C9H20N2O2/c1-7(2)11-4-5-13-6-8(3)9(10)12/h7-8,11H,4-6H2,1-3H3,(H2,10,12). The summed E-state index contributed by atoms with van der Waals surface area (Å²) in [6.07, 6.45) is 0. The number of carbonyl (C=O) groups excluding carboxylic acids is 1. The highest BCUT2D eigenvalue weighted by atomic mass is 16.5. The molecule has 3 N–H and O–H groups in total. The van der Waals surface area contributed by atoms with Crippen LogP contribution < -0.4 is 11.1 Å². The second kappa shape index (κ2) is 6.86. The zero-order chi connectivity index (χ0) is 10.3. The van der Waals surface area contributed by atoms with Crippen molar-refractivity contribution in [2.45, 2.75) is 26.8 Å². The molecule has 0 aromatic carbocycles. The van der Waals surface area contributed by atoms with E-state index in [0.717, 1.165) is 6.54 Å². The van der Waals surface area contributed by atoms with Gasteiger partial charge in [0.05, 0.1) is 19.1 Å². The van der Waals surface area contributed by atoms with Gasteiger partial charge >= 0.3 is 0 Å². The Labute approximate surface area is 79.8 Å². The summed E-state index contributed by atoms with van der Waals surface area (Å²) in [5.74, 6) is -0.504. The average Bonchev–Trinajstić information content (AvgIpc) is 2.02. The summed E-state index contributed by atoms with van der Waals surface area (Å²) in [6.45, 7) is 7.75. The molecular weight excluding hydrogens is 168 g/mol. The van der Waals surface area contributed by atoms with Gasteiger partial charge in [-0.15, -0.1) is 0 Å². The molecule has 1 atom stereocenters. The van der Waals surface area contributed by atoms with Crippen LogP contribution in [-0.4, -0.2) is 31.7 Å². The number of hydrogen-bond donors (Lipinski definition) is 2. The van der Waals surface area contributed by atoms with Crippen LogP contribution in [0.25, 0.3) is 0 Å². The van der Waals surface area contributed by atoms with Crippen molar-refractivity contribution < 1.29 is 9.53 Å². The van der Waals surface area contributed by atoms with E-state index in [9.17, 15) is 4.79 Å². The van der Waals surface area contributed by atoms with Crippen molar-refractivity contribution in [3.63, 3.8) is 0 Å². The van der Waals surface area contributed by atoms with Gasteiger partial charge in [0.2, 0.25) is 5.91 Å². The SMILES string of the molecule is CC(C)NCCOCC(C)C(N)=O. The van der Waals surface area contributed by atoms with Crippen molar-refractivity contribution in [3.8, 4) is 0 Å². The van der Waals surface area contributed by atoms with Gasteiger partial charge in [-0.1, -0.05) is 20.8 Å². The molecule has 0 bridgehead atoms. The Balaban J connectivity index is 3.21. The van der Waals surface area contributed by atoms with Crippen LogP contribution in [0.3, 0.4) is 0 Å². The molecular formula is C9H20N2O2. The molecule has 1 amide bonds. The van der Waals surface area contributed by atoms with Gasteiger partial charge in [-0.25, -0.2) is 0 Å². The largest absolute Gasteiger partial charge is 0.379 e. The molecule has 0 aromatic rings. The monoisotopic (exact) mass is 188 g/mol. The number of nitrogens with two attached hydrogens (primary N) is 1. The first-order valence-electron chi connectivity index (χ1n) is 4.64. The first-order chi connectivity index (χ1) is 6.04. The second-order valence-electron chi connectivity index (χ2n) is 3.49. The van der Waals surface area contributed by atoms with E-state index in [-0.39, 0.29) is 11.8 Å². The van der Waals surface area contributed by atoms with E-state index in [2.05, 4.69) is 19.2 Å². The van der Waals surface area contributed by atoms with Gasteiger partial charge in [-0.3, -0.25) is 4.79 Å². The minimum Gasteiger partial charge on any atom is -0.379 e. The fraction of sp³-hybridized carbons (Fsp3) is 0.889. The second-order valence-corrected chi connectivity index (χ2v) is 3.49. The number of rotatable bonds is 7. The molecule has 0 aliphatic rings. The molecule has 78 valence electrons. The summed E-state index contributed by atoms with van der Waals surface area (Å²) in [4.78, 5) is 10.6. The van der Waals surface area contributed by atoms with Gasteiger partial charge in [-0.2, -0.15) is 0 Å². The van der Waals surface area contributed by atoms with Gasteiger partial charge in [0.1, 0.15) is 0 Å². The Kier molecular flexibility index (Phi) is 6.54. The van der Waals surface area contributed by atoms with Crippen LogP contribution >= 0.6 is 0 Å². The van der Waals surface area contributed by atoms with Crippen molar-refractivity contribution >= 4 is 5.91 Å². The van der Waals surface area contributed by atoms with Gasteiger partial charge in [-0.05, 0) is 0 Å². The molecule has 0 aliphatic carbocycles. The lowest BCUT2D eigenvalue weighted by Crippen LogP contribution is -2.29. The highest BCUT2D eigenvalue weighted by Crippen LogP contribution is 1.93. The average molecular weight is 188 g/mol. The summed E-state index contributed by atoms with van der Waals surface area (Å²) < 4.78 is 5.24. The van der Waals surface area contributed by atoms with Crippen molar-refractivity contribution in [2.75, 3.05) is 19.8 Å². The van der Waals surface area contributed by atoms with E-state index < -0.39 is 0 Å². The normalized spacial score (nSPS) is 13.2. The third kappa shape index (κ3) is 7.74. The quantitative estimate of drug-likeness (QED) is 0.558. The molecule has 0 fully saturated rings. The van der Waals surface area contributed by atoms with Crippen LogP contribution in [0.15, 0.2) is 0 Å². The lowest BCUT2D eigenvalue weighted by Gasteiger charge is -2.10. The first kappa shape index (κ1) is 12.4. The summed E-state index contributed by atoms with van der Waals surface area (Å²) in [5.41, 5.74) is 5.06. The van der Waals surface area contributed by atoms with E-state index in [1.807, 2.05) is 0 Å². The van der Waals surface area contributed by atoms with Crippen LogP contribution in [0.5, 0.6) is 0 Å². The number of hydrogen-bond acceptors (Lipinski definition) is 3. The number of amides is 1. The van der Waals surface area contributed by atoms with Crippen LogP contribution in [-0.2, 0) is 9.53 Å². The number of carbonyl (C=O) groups is 1. The number of primary amides is 1. The molecule has 0 rings (SSSR count). The van der Waals surface area contributed by atoms with Crippen molar-refractivity contribution in [1.29, 1.82) is 0 Å². The minimum absolute atomic E-state index is 0.195. The molecule has 4 heteroatoms. The van der Waals surface area contributed by atoms with Gasteiger partial charge in [0.15, 0.2) is 0 Å². The lowest BCUT2D eigenvalue weighted by atomic mass is 10.2. The van der Waals surface area contributed by atoms with Crippen LogP contribution in [0.2, 0.25) is 0 Å². The maximum Gasteiger partial charge on any atom is 0.222 e. The molecule has 0 radical (unpaired) electrons. The van der Waals surface area contributed by atoms with Crippen LogP contribution in [0.4, 0.5) is 0 Å². The molecule has 0 aliphatic heterocycles. The predicted molar refractivity (Wildman–Crippen MR) is 52.3 cm³/mol. The van der Waals surface area contributed by atoms with Gasteiger partial charge in [0.25, 0.3) is 0 Å². The Bertz CT molecular complexity index is 149. The third-order valence-electron chi connectivity index (χ3n) is 1.65. The van der Waals surface area contributed by atoms with Crippen molar-refractivity contribution in [3.05, 3.63) is 0 Å². The summed E-state index contributed by atoms with van der Waals surface area (Å²) >= 11 is 0. The Morgan fingerprint density at radius 1 is 1.46 bits per heavy atom. The molecule has 4 nitrogen and oxygen atoms in total. The molecule has 0 spiro atoms. The lowest BCUT2D eigenvalue weighted by molar-refractivity contribution is -0.123. The van der Waals surface area contributed by atoms with Gasteiger partial charge < -0.3 is 15.8 Å². The fourth-order valence-electron chi connectivity index (χ4n) is 0.762. The molecule has 0 saturated carbocycles. The Morgan fingerprint density at radius 3 is 2.54 bits per heavy atom. The minimum atomic E-state index is -0.309. The summed E-state index contributed by atoms with van der Waals surface area (Å²) in [5, 5.41) is 3.21. The highest BCUT2D eigenvalue weighted by Gasteiger charge is 2.07. The van der Waals surface area contributed by atoms with Crippen molar-refractivity contribution in [2.24, 2.45) is 11.7 Å².